The number of rotatable bonds is 2. The number of benzene rings is 1. The molecule has 2 aromatic rings. The van der Waals surface area contributed by atoms with Crippen molar-refractivity contribution in [1.29, 1.82) is 0 Å². The monoisotopic (exact) mass is 392 g/mol. The van der Waals surface area contributed by atoms with Crippen molar-refractivity contribution in [3.05, 3.63) is 44.4 Å². The summed E-state index contributed by atoms with van der Waals surface area (Å²) in [5.74, 6) is -1.82. The molecule has 4 nitrogen and oxygen atoms in total. The number of hydrogen-bond acceptors (Lipinski definition) is 3. The second kappa shape index (κ2) is 5.30. The van der Waals surface area contributed by atoms with E-state index < -0.39 is 17.5 Å². The molecule has 0 bridgehead atoms. The third-order valence-corrected chi connectivity index (χ3v) is 3.46. The summed E-state index contributed by atoms with van der Waals surface area (Å²) in [7, 11) is 0. The van der Waals surface area contributed by atoms with Crippen LogP contribution in [0.2, 0.25) is 5.02 Å². The Morgan fingerprint density at radius 1 is 1.42 bits per heavy atom. The van der Waals surface area contributed by atoms with Crippen molar-refractivity contribution in [3.8, 4) is 11.3 Å². The summed E-state index contributed by atoms with van der Waals surface area (Å²) in [6.45, 7) is 0. The number of aromatic nitrogens is 1. The van der Waals surface area contributed by atoms with Gasteiger partial charge in [0.2, 0.25) is 0 Å². The lowest BCUT2D eigenvalue weighted by atomic mass is 10.1. The molecule has 0 saturated heterocycles. The highest BCUT2D eigenvalue weighted by Gasteiger charge is 2.17. The Bertz CT molecular complexity index is 679. The van der Waals surface area contributed by atoms with Crippen LogP contribution in [0.5, 0.6) is 0 Å². The lowest BCUT2D eigenvalue weighted by Crippen LogP contribution is -2.05. The molecule has 0 atom stereocenters. The molecule has 0 unspecified atom stereocenters. The Hall–Kier alpha value is -1.41. The molecule has 0 saturated carbocycles. The predicted molar refractivity (Wildman–Crippen MR) is 78.7 cm³/mol. The molecule has 19 heavy (non-hydrogen) atoms. The molecule has 98 valence electrons. The van der Waals surface area contributed by atoms with Crippen LogP contribution in [0.25, 0.3) is 11.3 Å². The van der Waals surface area contributed by atoms with Crippen molar-refractivity contribution in [2.75, 3.05) is 5.73 Å². The SMILES string of the molecule is Nc1cc(-c2ccc(I)cc2F)nc(C(=O)O)c1Cl. The van der Waals surface area contributed by atoms with E-state index in [1.807, 2.05) is 22.6 Å². The topological polar surface area (TPSA) is 76.2 Å². The normalized spacial score (nSPS) is 10.5. The molecule has 1 aromatic carbocycles. The zero-order chi connectivity index (χ0) is 14.2. The highest BCUT2D eigenvalue weighted by atomic mass is 127. The zero-order valence-corrected chi connectivity index (χ0v) is 12.2. The maximum Gasteiger partial charge on any atom is 0.356 e. The van der Waals surface area contributed by atoms with E-state index in [0.29, 0.717) is 0 Å². The molecule has 2 rings (SSSR count). The number of aromatic carboxylic acids is 1. The van der Waals surface area contributed by atoms with Crippen molar-refractivity contribution < 1.29 is 14.3 Å². The lowest BCUT2D eigenvalue weighted by Gasteiger charge is -2.08. The summed E-state index contributed by atoms with van der Waals surface area (Å²) in [4.78, 5) is 14.8. The molecule has 0 amide bonds. The van der Waals surface area contributed by atoms with Crippen molar-refractivity contribution in [3.63, 3.8) is 0 Å². The van der Waals surface area contributed by atoms with E-state index in [0.717, 1.165) is 3.57 Å². The maximum absolute atomic E-state index is 13.8. The van der Waals surface area contributed by atoms with Crippen LogP contribution in [0.15, 0.2) is 24.3 Å². The van der Waals surface area contributed by atoms with Gasteiger partial charge in [0.15, 0.2) is 5.69 Å². The zero-order valence-electron chi connectivity index (χ0n) is 9.32. The smallest absolute Gasteiger partial charge is 0.356 e. The summed E-state index contributed by atoms with van der Waals surface area (Å²) in [5, 5.41) is 8.83. The lowest BCUT2D eigenvalue weighted by molar-refractivity contribution is 0.0691. The van der Waals surface area contributed by atoms with Gasteiger partial charge in [0, 0.05) is 9.13 Å². The summed E-state index contributed by atoms with van der Waals surface area (Å²) in [5.41, 5.74) is 5.57. The number of nitrogen functional groups attached to an aromatic ring is 1. The molecule has 3 N–H and O–H groups in total. The van der Waals surface area contributed by atoms with E-state index in [4.69, 9.17) is 22.4 Å². The highest BCUT2D eigenvalue weighted by Crippen LogP contribution is 2.29. The van der Waals surface area contributed by atoms with Crippen LogP contribution < -0.4 is 5.73 Å². The van der Waals surface area contributed by atoms with Gasteiger partial charge in [0.1, 0.15) is 5.82 Å². The minimum atomic E-state index is -1.32. The summed E-state index contributed by atoms with van der Waals surface area (Å²) < 4.78 is 14.6. The van der Waals surface area contributed by atoms with Gasteiger partial charge in [0.05, 0.1) is 16.4 Å². The fourth-order valence-electron chi connectivity index (χ4n) is 1.53. The van der Waals surface area contributed by atoms with Gasteiger partial charge < -0.3 is 10.8 Å². The van der Waals surface area contributed by atoms with Crippen LogP contribution in [0.4, 0.5) is 10.1 Å². The Labute approximate surface area is 126 Å². The molecule has 0 aliphatic rings. The third-order valence-electron chi connectivity index (χ3n) is 2.40. The van der Waals surface area contributed by atoms with Gasteiger partial charge in [-0.15, -0.1) is 0 Å². The van der Waals surface area contributed by atoms with Crippen molar-refractivity contribution in [1.82, 2.24) is 4.98 Å². The first-order valence-electron chi connectivity index (χ1n) is 5.05. The first-order valence-corrected chi connectivity index (χ1v) is 6.50. The Kier molecular flexibility index (Phi) is 3.91. The minimum absolute atomic E-state index is 0.0435. The fourth-order valence-corrected chi connectivity index (χ4v) is 2.16. The van der Waals surface area contributed by atoms with Gasteiger partial charge in [0.25, 0.3) is 0 Å². The van der Waals surface area contributed by atoms with Gasteiger partial charge in [-0.3, -0.25) is 0 Å². The van der Waals surface area contributed by atoms with Crippen LogP contribution >= 0.6 is 34.2 Å². The van der Waals surface area contributed by atoms with Crippen LogP contribution in [0.3, 0.4) is 0 Å². The second-order valence-corrected chi connectivity index (χ2v) is 5.31. The average Bonchev–Trinajstić information content (AvgIpc) is 2.32. The molecule has 7 heteroatoms. The largest absolute Gasteiger partial charge is 0.476 e. The number of halogens is 3. The summed E-state index contributed by atoms with van der Waals surface area (Å²) in [6.07, 6.45) is 0. The number of carbonyl (C=O) groups is 1. The van der Waals surface area contributed by atoms with E-state index in [1.165, 1.54) is 18.2 Å². The van der Waals surface area contributed by atoms with E-state index in [-0.39, 0.29) is 22.0 Å². The van der Waals surface area contributed by atoms with E-state index in [2.05, 4.69) is 4.98 Å². The molecule has 1 aromatic heterocycles. The maximum atomic E-state index is 13.8. The standard InChI is InChI=1S/C12H7ClFIN2O2/c13-10-8(16)4-9(17-11(10)12(18)19)6-2-1-5(15)3-7(6)14/h1-4H,(H2,16,17)(H,18,19). The average molecular weight is 393 g/mol. The van der Waals surface area contributed by atoms with Crippen molar-refractivity contribution in [2.24, 2.45) is 0 Å². The summed E-state index contributed by atoms with van der Waals surface area (Å²) in [6, 6.07) is 5.87. The molecule has 0 radical (unpaired) electrons. The van der Waals surface area contributed by atoms with E-state index >= 15 is 0 Å². The molecule has 0 fully saturated rings. The molecule has 0 aliphatic carbocycles. The third kappa shape index (κ3) is 2.79. The molecule has 1 heterocycles. The fraction of sp³-hybridized carbons (Fsp3) is 0. The van der Waals surface area contributed by atoms with E-state index in [1.54, 1.807) is 6.07 Å². The molecular weight excluding hydrogens is 385 g/mol. The summed E-state index contributed by atoms with van der Waals surface area (Å²) >= 11 is 7.72. The first kappa shape index (κ1) is 14.0. The first-order chi connectivity index (χ1) is 8.90. The number of carboxylic acid groups (broad SMARTS) is 1. The number of pyridine rings is 1. The number of hydrogen-bond donors (Lipinski definition) is 2. The van der Waals surface area contributed by atoms with Crippen LogP contribution in [0, 0.1) is 9.39 Å². The number of carboxylic acids is 1. The molecule has 0 aliphatic heterocycles. The Morgan fingerprint density at radius 3 is 2.68 bits per heavy atom. The quantitative estimate of drug-likeness (QED) is 0.768. The second-order valence-electron chi connectivity index (χ2n) is 3.69. The number of nitrogens with zero attached hydrogens (tertiary/aromatic N) is 1. The van der Waals surface area contributed by atoms with Gasteiger partial charge in [-0.25, -0.2) is 14.2 Å². The number of nitrogens with two attached hydrogens (primary N) is 1. The van der Waals surface area contributed by atoms with Gasteiger partial charge in [-0.2, -0.15) is 0 Å². The van der Waals surface area contributed by atoms with Crippen molar-refractivity contribution in [2.45, 2.75) is 0 Å². The minimum Gasteiger partial charge on any atom is -0.476 e. The molecular formula is C12H7ClFIN2O2. The van der Waals surface area contributed by atoms with E-state index in [9.17, 15) is 9.18 Å². The Balaban J connectivity index is 2.66. The van der Waals surface area contributed by atoms with Gasteiger partial charge >= 0.3 is 5.97 Å². The van der Waals surface area contributed by atoms with Gasteiger partial charge in [-0.1, -0.05) is 11.6 Å². The van der Waals surface area contributed by atoms with Crippen LogP contribution in [0.1, 0.15) is 10.5 Å². The van der Waals surface area contributed by atoms with Crippen molar-refractivity contribution >= 4 is 45.8 Å². The number of anilines is 1. The molecule has 0 spiro atoms. The van der Waals surface area contributed by atoms with Gasteiger partial charge in [-0.05, 0) is 46.9 Å². The highest BCUT2D eigenvalue weighted by molar-refractivity contribution is 14.1. The van der Waals surface area contributed by atoms with Crippen LogP contribution in [-0.2, 0) is 0 Å². The Morgan fingerprint density at radius 2 is 2.11 bits per heavy atom. The predicted octanol–water partition coefficient (Wildman–Crippen LogP) is 3.43. The van der Waals surface area contributed by atoms with Crippen LogP contribution in [-0.4, -0.2) is 16.1 Å².